The number of nitrogens with one attached hydrogen (secondary N) is 1. The zero-order valence-electron chi connectivity index (χ0n) is 14.9. The lowest BCUT2D eigenvalue weighted by atomic mass is 10.1. The van der Waals surface area contributed by atoms with Crippen LogP contribution in [0.25, 0.3) is 0 Å². The van der Waals surface area contributed by atoms with Crippen molar-refractivity contribution in [3.63, 3.8) is 0 Å². The van der Waals surface area contributed by atoms with Crippen molar-refractivity contribution in [2.45, 2.75) is 33.1 Å². The molecule has 1 unspecified atom stereocenters. The average molecular weight is 332 g/mol. The molecule has 1 atom stereocenters. The van der Waals surface area contributed by atoms with Gasteiger partial charge in [0.25, 0.3) is 0 Å². The van der Waals surface area contributed by atoms with E-state index in [0.717, 1.165) is 24.2 Å². The fraction of sp³-hybridized carbons (Fsp3) is 0.579. The van der Waals surface area contributed by atoms with Crippen LogP contribution < -0.4 is 10.1 Å². The summed E-state index contributed by atoms with van der Waals surface area (Å²) >= 11 is 0. The second kappa shape index (κ2) is 8.71. The molecule has 5 nitrogen and oxygen atoms in total. The summed E-state index contributed by atoms with van der Waals surface area (Å²) in [5.74, 6) is 1.25. The molecule has 0 saturated carbocycles. The quantitative estimate of drug-likeness (QED) is 0.794. The van der Waals surface area contributed by atoms with Crippen LogP contribution in [0.5, 0.6) is 5.75 Å². The van der Waals surface area contributed by atoms with Crippen molar-refractivity contribution in [2.24, 2.45) is 11.8 Å². The van der Waals surface area contributed by atoms with E-state index in [2.05, 4.69) is 19.2 Å². The number of carbonyl (C=O) groups is 2. The number of benzene rings is 1. The highest BCUT2D eigenvalue weighted by Gasteiger charge is 2.33. The Hall–Kier alpha value is -2.04. The van der Waals surface area contributed by atoms with Gasteiger partial charge >= 0.3 is 0 Å². The van der Waals surface area contributed by atoms with Gasteiger partial charge in [-0.25, -0.2) is 0 Å². The molecule has 1 aromatic rings. The predicted octanol–water partition coefficient (Wildman–Crippen LogP) is 2.25. The number of rotatable bonds is 8. The third kappa shape index (κ3) is 5.25. The molecule has 1 saturated heterocycles. The van der Waals surface area contributed by atoms with Crippen LogP contribution in [0.3, 0.4) is 0 Å². The third-order valence-corrected chi connectivity index (χ3v) is 4.41. The fourth-order valence-corrected chi connectivity index (χ4v) is 2.88. The standard InChI is InChI=1S/C19H28N2O3/c1-14(2)7-9-20-19(23)16-12-18(22)21(13-16)10-8-15-5-4-6-17(11-15)24-3/h4-6,11,14,16H,7-10,12-13H2,1-3H3,(H,20,23). The molecular formula is C19H28N2O3. The van der Waals surface area contributed by atoms with Crippen molar-refractivity contribution in [3.8, 4) is 5.75 Å². The first kappa shape index (κ1) is 18.3. The Morgan fingerprint density at radius 2 is 2.21 bits per heavy atom. The summed E-state index contributed by atoms with van der Waals surface area (Å²) < 4.78 is 5.22. The highest BCUT2D eigenvalue weighted by atomic mass is 16.5. The minimum atomic E-state index is -0.213. The lowest BCUT2D eigenvalue weighted by molar-refractivity contribution is -0.129. The Kier molecular flexibility index (Phi) is 6.64. The van der Waals surface area contributed by atoms with Crippen molar-refractivity contribution in [2.75, 3.05) is 26.7 Å². The van der Waals surface area contributed by atoms with Gasteiger partial charge in [0.15, 0.2) is 0 Å². The van der Waals surface area contributed by atoms with Crippen LogP contribution in [0.4, 0.5) is 0 Å². The van der Waals surface area contributed by atoms with E-state index in [4.69, 9.17) is 4.74 Å². The number of amides is 2. The van der Waals surface area contributed by atoms with Gasteiger partial charge in [-0.2, -0.15) is 0 Å². The predicted molar refractivity (Wildman–Crippen MR) is 93.8 cm³/mol. The molecule has 0 bridgehead atoms. The first-order valence-electron chi connectivity index (χ1n) is 8.68. The molecule has 24 heavy (non-hydrogen) atoms. The Morgan fingerprint density at radius 1 is 1.42 bits per heavy atom. The van der Waals surface area contributed by atoms with Gasteiger partial charge in [-0.15, -0.1) is 0 Å². The minimum Gasteiger partial charge on any atom is -0.497 e. The lowest BCUT2D eigenvalue weighted by Gasteiger charge is -2.17. The number of hydrogen-bond acceptors (Lipinski definition) is 3. The monoisotopic (exact) mass is 332 g/mol. The summed E-state index contributed by atoms with van der Waals surface area (Å²) in [6.45, 7) is 6.11. The summed E-state index contributed by atoms with van der Waals surface area (Å²) in [4.78, 5) is 26.1. The second-order valence-electron chi connectivity index (χ2n) is 6.82. The third-order valence-electron chi connectivity index (χ3n) is 4.41. The Labute approximate surface area is 144 Å². The maximum Gasteiger partial charge on any atom is 0.225 e. The van der Waals surface area contributed by atoms with Gasteiger partial charge < -0.3 is 15.0 Å². The molecule has 5 heteroatoms. The molecule has 1 aromatic carbocycles. The van der Waals surface area contributed by atoms with E-state index >= 15 is 0 Å². The van der Waals surface area contributed by atoms with Crippen LogP contribution in [-0.2, 0) is 16.0 Å². The van der Waals surface area contributed by atoms with Crippen molar-refractivity contribution in [1.29, 1.82) is 0 Å². The van der Waals surface area contributed by atoms with Crippen molar-refractivity contribution in [3.05, 3.63) is 29.8 Å². The molecule has 1 N–H and O–H groups in total. The molecule has 0 aliphatic carbocycles. The van der Waals surface area contributed by atoms with Crippen LogP contribution >= 0.6 is 0 Å². The van der Waals surface area contributed by atoms with Gasteiger partial charge in [0.05, 0.1) is 13.0 Å². The topological polar surface area (TPSA) is 58.6 Å². The molecule has 1 heterocycles. The van der Waals surface area contributed by atoms with E-state index in [1.807, 2.05) is 24.3 Å². The molecule has 2 rings (SSSR count). The van der Waals surface area contributed by atoms with Crippen molar-refractivity contribution < 1.29 is 14.3 Å². The molecule has 0 aromatic heterocycles. The molecule has 132 valence electrons. The normalized spacial score (nSPS) is 17.4. The summed E-state index contributed by atoms with van der Waals surface area (Å²) in [6, 6.07) is 7.86. The van der Waals surface area contributed by atoms with E-state index in [-0.39, 0.29) is 17.7 Å². The largest absolute Gasteiger partial charge is 0.497 e. The van der Waals surface area contributed by atoms with Gasteiger partial charge in [0.2, 0.25) is 11.8 Å². The number of carbonyl (C=O) groups excluding carboxylic acids is 2. The Morgan fingerprint density at radius 3 is 2.92 bits per heavy atom. The smallest absolute Gasteiger partial charge is 0.225 e. The SMILES string of the molecule is COc1cccc(CCN2CC(C(=O)NCCC(C)C)CC2=O)c1. The first-order valence-corrected chi connectivity index (χ1v) is 8.68. The zero-order valence-corrected chi connectivity index (χ0v) is 14.9. The summed E-state index contributed by atoms with van der Waals surface area (Å²) in [5.41, 5.74) is 1.13. The molecule has 1 fully saturated rings. The van der Waals surface area contributed by atoms with E-state index in [1.54, 1.807) is 12.0 Å². The highest BCUT2D eigenvalue weighted by molar-refractivity contribution is 5.89. The zero-order chi connectivity index (χ0) is 17.5. The minimum absolute atomic E-state index is 0.00730. The van der Waals surface area contributed by atoms with E-state index < -0.39 is 0 Å². The summed E-state index contributed by atoms with van der Waals surface area (Å²) in [7, 11) is 1.64. The number of hydrogen-bond donors (Lipinski definition) is 1. The molecular weight excluding hydrogens is 304 g/mol. The molecule has 2 amide bonds. The number of methoxy groups -OCH3 is 1. The van der Waals surface area contributed by atoms with Crippen LogP contribution in [0.15, 0.2) is 24.3 Å². The first-order chi connectivity index (χ1) is 11.5. The van der Waals surface area contributed by atoms with Crippen molar-refractivity contribution in [1.82, 2.24) is 10.2 Å². The summed E-state index contributed by atoms with van der Waals surface area (Å²) in [5, 5.41) is 2.95. The number of nitrogens with zero attached hydrogens (tertiary/aromatic N) is 1. The average Bonchev–Trinajstić information content (AvgIpc) is 2.94. The number of likely N-dealkylation sites (tertiary alicyclic amines) is 1. The van der Waals surface area contributed by atoms with E-state index in [0.29, 0.717) is 32.0 Å². The van der Waals surface area contributed by atoms with Crippen LogP contribution in [0.1, 0.15) is 32.3 Å². The van der Waals surface area contributed by atoms with Gasteiger partial charge in [-0.3, -0.25) is 9.59 Å². The molecule has 0 radical (unpaired) electrons. The molecule has 0 spiro atoms. The van der Waals surface area contributed by atoms with Gasteiger partial charge in [-0.1, -0.05) is 26.0 Å². The van der Waals surface area contributed by atoms with Crippen molar-refractivity contribution >= 4 is 11.8 Å². The van der Waals surface area contributed by atoms with Gasteiger partial charge in [-0.05, 0) is 36.5 Å². The Bertz CT molecular complexity index is 571. The maximum absolute atomic E-state index is 12.2. The number of ether oxygens (including phenoxy) is 1. The lowest BCUT2D eigenvalue weighted by Crippen LogP contribution is -2.34. The highest BCUT2D eigenvalue weighted by Crippen LogP contribution is 2.19. The fourth-order valence-electron chi connectivity index (χ4n) is 2.88. The molecule has 1 aliphatic heterocycles. The van der Waals surface area contributed by atoms with Gasteiger partial charge in [0.1, 0.15) is 5.75 Å². The second-order valence-corrected chi connectivity index (χ2v) is 6.82. The summed E-state index contributed by atoms with van der Waals surface area (Å²) in [6.07, 6.45) is 2.06. The molecule has 1 aliphatic rings. The van der Waals surface area contributed by atoms with Crippen LogP contribution in [0.2, 0.25) is 0 Å². The van der Waals surface area contributed by atoms with E-state index in [9.17, 15) is 9.59 Å². The van der Waals surface area contributed by atoms with Crippen LogP contribution in [-0.4, -0.2) is 43.5 Å². The Balaban J connectivity index is 1.80. The van der Waals surface area contributed by atoms with E-state index in [1.165, 1.54) is 0 Å². The van der Waals surface area contributed by atoms with Crippen LogP contribution in [0, 0.1) is 11.8 Å². The van der Waals surface area contributed by atoms with Gasteiger partial charge in [0, 0.05) is 26.1 Å². The maximum atomic E-state index is 12.2.